The van der Waals surface area contributed by atoms with Crippen LogP contribution in [0.5, 0.6) is 0 Å². The van der Waals surface area contributed by atoms with Gasteiger partial charge in [-0.05, 0) is 12.8 Å². The van der Waals surface area contributed by atoms with Crippen LogP contribution in [0.2, 0.25) is 0 Å². The van der Waals surface area contributed by atoms with Crippen molar-refractivity contribution in [1.29, 1.82) is 0 Å². The summed E-state index contributed by atoms with van der Waals surface area (Å²) in [5.74, 6) is 0. The molecule has 0 unspecified atom stereocenters. The van der Waals surface area contributed by atoms with E-state index < -0.39 is 0 Å². The van der Waals surface area contributed by atoms with Gasteiger partial charge in [-0.1, -0.05) is 39.0 Å². The Labute approximate surface area is 69.3 Å². The van der Waals surface area contributed by atoms with Crippen LogP contribution < -0.4 is 0 Å². The average Bonchev–Trinajstić information content (AvgIpc) is 2.03. The summed E-state index contributed by atoms with van der Waals surface area (Å²) in [5, 5.41) is 11.0. The van der Waals surface area contributed by atoms with E-state index in [1.165, 1.54) is 32.1 Å². The summed E-state index contributed by atoms with van der Waals surface area (Å²) in [6.45, 7) is 2.22. The van der Waals surface area contributed by atoms with Gasteiger partial charge >= 0.3 is 0 Å². The second kappa shape index (κ2) is 9.47. The average molecular weight is 157 g/mol. The second-order valence-electron chi connectivity index (χ2n) is 2.85. The molecule has 0 aromatic heterocycles. The first-order valence-corrected chi connectivity index (χ1v) is 4.57. The van der Waals surface area contributed by atoms with Crippen LogP contribution in [-0.2, 0) is 0 Å². The third-order valence-electron chi connectivity index (χ3n) is 1.77. The lowest BCUT2D eigenvalue weighted by molar-refractivity contribution is 0.320. The molecule has 2 nitrogen and oxygen atoms in total. The summed E-state index contributed by atoms with van der Waals surface area (Å²) in [6.07, 6.45) is 10.3. The summed E-state index contributed by atoms with van der Waals surface area (Å²) < 4.78 is 0. The molecular formula is C9H19NO. The van der Waals surface area contributed by atoms with Gasteiger partial charge in [-0.15, -0.1) is 5.16 Å². The van der Waals surface area contributed by atoms with Crippen LogP contribution in [0.25, 0.3) is 0 Å². The molecule has 0 spiro atoms. The maximum absolute atomic E-state index is 8.08. The van der Waals surface area contributed by atoms with Crippen molar-refractivity contribution in [3.05, 3.63) is 0 Å². The van der Waals surface area contributed by atoms with Gasteiger partial charge in [-0.3, -0.25) is 0 Å². The highest BCUT2D eigenvalue weighted by Crippen LogP contribution is 2.05. The molecule has 0 aromatic carbocycles. The minimum absolute atomic E-state index is 0.919. The summed E-state index contributed by atoms with van der Waals surface area (Å²) in [6, 6.07) is 0. The Bertz CT molecular complexity index is 91.6. The molecule has 0 rings (SSSR count). The molecule has 0 aliphatic carbocycles. The van der Waals surface area contributed by atoms with Crippen molar-refractivity contribution in [1.82, 2.24) is 0 Å². The normalized spacial score (nSPS) is 11.0. The van der Waals surface area contributed by atoms with E-state index in [0.717, 1.165) is 12.8 Å². The summed E-state index contributed by atoms with van der Waals surface area (Å²) in [7, 11) is 0. The summed E-state index contributed by atoms with van der Waals surface area (Å²) >= 11 is 0. The smallest absolute Gasteiger partial charge is 0.0435 e. The number of rotatable bonds is 7. The first-order chi connectivity index (χ1) is 5.41. The van der Waals surface area contributed by atoms with E-state index in [1.807, 2.05) is 0 Å². The topological polar surface area (TPSA) is 32.6 Å². The Balaban J connectivity index is 2.79. The van der Waals surface area contributed by atoms with Gasteiger partial charge in [-0.2, -0.15) is 0 Å². The molecular weight excluding hydrogens is 138 g/mol. The van der Waals surface area contributed by atoms with Crippen molar-refractivity contribution in [3.8, 4) is 0 Å². The van der Waals surface area contributed by atoms with Crippen LogP contribution in [0.1, 0.15) is 51.9 Å². The molecule has 11 heavy (non-hydrogen) atoms. The minimum atomic E-state index is 0.919. The maximum Gasteiger partial charge on any atom is 0.0435 e. The van der Waals surface area contributed by atoms with Crippen LogP contribution >= 0.6 is 0 Å². The van der Waals surface area contributed by atoms with Crippen LogP contribution in [0.3, 0.4) is 0 Å². The van der Waals surface area contributed by atoms with Crippen molar-refractivity contribution in [2.75, 3.05) is 0 Å². The molecule has 0 saturated heterocycles. The Hall–Kier alpha value is -0.530. The first-order valence-electron chi connectivity index (χ1n) is 4.57. The predicted molar refractivity (Wildman–Crippen MR) is 48.3 cm³/mol. The highest BCUT2D eigenvalue weighted by Gasteiger charge is 1.87. The molecule has 0 aliphatic rings. The predicted octanol–water partition coefficient (Wildman–Crippen LogP) is 3.20. The van der Waals surface area contributed by atoms with Gasteiger partial charge in [0.25, 0.3) is 0 Å². The van der Waals surface area contributed by atoms with E-state index in [-0.39, 0.29) is 0 Å². The molecule has 0 bridgehead atoms. The second-order valence-corrected chi connectivity index (χ2v) is 2.85. The molecule has 0 radical (unpaired) electrons. The molecule has 0 fully saturated rings. The lowest BCUT2D eigenvalue weighted by Crippen LogP contribution is -1.80. The molecule has 0 heterocycles. The molecule has 2 heteroatoms. The minimum Gasteiger partial charge on any atom is -0.411 e. The first kappa shape index (κ1) is 10.5. The van der Waals surface area contributed by atoms with Crippen LogP contribution in [0.15, 0.2) is 5.16 Å². The monoisotopic (exact) mass is 157 g/mol. The molecule has 0 aliphatic heterocycles. The van der Waals surface area contributed by atoms with E-state index in [2.05, 4.69) is 12.1 Å². The van der Waals surface area contributed by atoms with E-state index in [4.69, 9.17) is 5.21 Å². The highest BCUT2D eigenvalue weighted by atomic mass is 16.4. The Morgan fingerprint density at radius 3 is 2.36 bits per heavy atom. The van der Waals surface area contributed by atoms with Crippen molar-refractivity contribution in [3.63, 3.8) is 0 Å². The van der Waals surface area contributed by atoms with E-state index in [0.29, 0.717) is 0 Å². The number of nitrogens with zero attached hydrogens (tertiary/aromatic N) is 1. The molecule has 0 aromatic rings. The Morgan fingerprint density at radius 2 is 1.73 bits per heavy atom. The highest BCUT2D eigenvalue weighted by molar-refractivity contribution is 5.55. The lowest BCUT2D eigenvalue weighted by atomic mass is 10.1. The van der Waals surface area contributed by atoms with Gasteiger partial charge in [-0.25, -0.2) is 0 Å². The quantitative estimate of drug-likeness (QED) is 0.262. The summed E-state index contributed by atoms with van der Waals surface area (Å²) in [4.78, 5) is 0. The van der Waals surface area contributed by atoms with Gasteiger partial charge in [0.1, 0.15) is 0 Å². The van der Waals surface area contributed by atoms with Crippen LogP contribution in [-0.4, -0.2) is 11.4 Å². The van der Waals surface area contributed by atoms with Crippen molar-refractivity contribution >= 4 is 6.21 Å². The molecule has 0 amide bonds. The fourth-order valence-electron chi connectivity index (χ4n) is 1.07. The third kappa shape index (κ3) is 9.47. The number of oxime groups is 1. The fourth-order valence-corrected chi connectivity index (χ4v) is 1.07. The Morgan fingerprint density at radius 1 is 1.09 bits per heavy atom. The maximum atomic E-state index is 8.08. The van der Waals surface area contributed by atoms with Crippen molar-refractivity contribution < 1.29 is 5.21 Å². The van der Waals surface area contributed by atoms with Crippen LogP contribution in [0, 0.1) is 0 Å². The third-order valence-corrected chi connectivity index (χ3v) is 1.77. The van der Waals surface area contributed by atoms with Gasteiger partial charge in [0.15, 0.2) is 0 Å². The zero-order valence-corrected chi connectivity index (χ0v) is 7.42. The van der Waals surface area contributed by atoms with Crippen molar-refractivity contribution in [2.45, 2.75) is 51.9 Å². The SMILES string of the molecule is CCCCCCCCC=NO. The number of hydrogen-bond donors (Lipinski definition) is 1. The fraction of sp³-hybridized carbons (Fsp3) is 0.889. The standard InChI is InChI=1S/C9H19NO/c1-2-3-4-5-6-7-8-9-10-11/h9,11H,2-8H2,1H3. The molecule has 0 saturated carbocycles. The molecule has 1 N–H and O–H groups in total. The zero-order chi connectivity index (χ0) is 8.36. The largest absolute Gasteiger partial charge is 0.411 e. The van der Waals surface area contributed by atoms with Crippen molar-refractivity contribution in [2.24, 2.45) is 5.16 Å². The lowest BCUT2D eigenvalue weighted by Gasteiger charge is -1.96. The zero-order valence-electron chi connectivity index (χ0n) is 7.42. The van der Waals surface area contributed by atoms with Gasteiger partial charge in [0, 0.05) is 6.21 Å². The van der Waals surface area contributed by atoms with Crippen LogP contribution in [0.4, 0.5) is 0 Å². The molecule has 0 atom stereocenters. The van der Waals surface area contributed by atoms with E-state index in [9.17, 15) is 0 Å². The molecule has 66 valence electrons. The van der Waals surface area contributed by atoms with Gasteiger partial charge in [0.05, 0.1) is 0 Å². The van der Waals surface area contributed by atoms with Gasteiger partial charge in [0.2, 0.25) is 0 Å². The van der Waals surface area contributed by atoms with E-state index >= 15 is 0 Å². The van der Waals surface area contributed by atoms with Gasteiger partial charge < -0.3 is 5.21 Å². The number of hydrogen-bond acceptors (Lipinski definition) is 2. The number of unbranched alkanes of at least 4 members (excludes halogenated alkanes) is 6. The summed E-state index contributed by atoms with van der Waals surface area (Å²) in [5.41, 5.74) is 0. The van der Waals surface area contributed by atoms with E-state index in [1.54, 1.807) is 6.21 Å². The Kier molecular flexibility index (Phi) is 9.01.